The maximum absolute atomic E-state index is 13.3. The van der Waals surface area contributed by atoms with Gasteiger partial charge in [0.2, 0.25) is 5.91 Å². The van der Waals surface area contributed by atoms with Crippen LogP contribution in [0.2, 0.25) is 0 Å². The molecular formula is C50H97NO15. The lowest BCUT2D eigenvalue weighted by Gasteiger charge is -2.46. The van der Waals surface area contributed by atoms with E-state index in [0.717, 1.165) is 44.9 Å². The van der Waals surface area contributed by atoms with Crippen LogP contribution in [0.5, 0.6) is 0 Å². The Labute approximate surface area is 397 Å². The van der Waals surface area contributed by atoms with E-state index in [4.69, 9.17) is 18.9 Å². The number of aliphatic hydroxyl groups excluding tert-OH is 10. The molecule has 0 unspecified atom stereocenters. The molecule has 2 rings (SSSR count). The van der Waals surface area contributed by atoms with Crippen molar-refractivity contribution in [2.24, 2.45) is 0 Å². The molecule has 16 heteroatoms. The Morgan fingerprint density at radius 3 is 1.33 bits per heavy atom. The van der Waals surface area contributed by atoms with Crippen molar-refractivity contribution in [3.05, 3.63) is 0 Å². The highest BCUT2D eigenvalue weighted by Crippen LogP contribution is 2.30. The zero-order valence-corrected chi connectivity index (χ0v) is 40.9. The van der Waals surface area contributed by atoms with Crippen LogP contribution in [0.3, 0.4) is 0 Å². The maximum Gasteiger partial charge on any atom is 0.249 e. The Kier molecular flexibility index (Phi) is 34.9. The minimum Gasteiger partial charge on any atom is -0.394 e. The van der Waals surface area contributed by atoms with Gasteiger partial charge >= 0.3 is 0 Å². The molecule has 2 aliphatic heterocycles. The summed E-state index contributed by atoms with van der Waals surface area (Å²) in [4.78, 5) is 13.3. The second kappa shape index (κ2) is 37.7. The molecule has 392 valence electrons. The first kappa shape index (κ1) is 61.0. The molecule has 2 fully saturated rings. The van der Waals surface area contributed by atoms with E-state index in [0.29, 0.717) is 12.8 Å². The Morgan fingerprint density at radius 1 is 0.500 bits per heavy atom. The Balaban J connectivity index is 1.86. The van der Waals surface area contributed by atoms with Gasteiger partial charge in [0.05, 0.1) is 32.0 Å². The van der Waals surface area contributed by atoms with Gasteiger partial charge in [-0.1, -0.05) is 194 Å². The zero-order valence-electron chi connectivity index (χ0n) is 40.9. The summed E-state index contributed by atoms with van der Waals surface area (Å²) >= 11 is 0. The van der Waals surface area contributed by atoms with Gasteiger partial charge < -0.3 is 75.3 Å². The van der Waals surface area contributed by atoms with E-state index in [-0.39, 0.29) is 12.8 Å². The van der Waals surface area contributed by atoms with E-state index in [2.05, 4.69) is 19.2 Å². The highest BCUT2D eigenvalue weighted by molar-refractivity contribution is 5.80. The average molecular weight is 952 g/mol. The van der Waals surface area contributed by atoms with Crippen molar-refractivity contribution in [2.45, 2.75) is 292 Å². The molecule has 0 aromatic carbocycles. The summed E-state index contributed by atoms with van der Waals surface area (Å²) in [6.07, 6.45) is 12.7. The lowest BCUT2D eigenvalue weighted by Crippen LogP contribution is -2.65. The first-order valence-electron chi connectivity index (χ1n) is 26.5. The minimum absolute atomic E-state index is 0.208. The number of aliphatic hydroxyl groups is 10. The second-order valence-electron chi connectivity index (χ2n) is 19.3. The second-order valence-corrected chi connectivity index (χ2v) is 19.3. The zero-order chi connectivity index (χ0) is 48.5. The SMILES string of the molecule is CCCCCCCCCCCCCCCCCCCC[C@@H](O)C(=O)N[C@@H](CO[C@@H]1O[C@H](CO)[C@@H](O[C@@H]2O[C@H](CO)[C@@H](O)[C@H](O)[C@H]2O)[C@H](O)[C@H]1O)[C@H](O)[C@H](O)CCCCCCCCCCCC. The van der Waals surface area contributed by atoms with Crippen LogP contribution < -0.4 is 5.32 Å². The molecule has 0 aromatic rings. The van der Waals surface area contributed by atoms with Crippen LogP contribution in [-0.2, 0) is 23.7 Å². The highest BCUT2D eigenvalue weighted by Gasteiger charge is 2.51. The molecule has 11 N–H and O–H groups in total. The Bertz CT molecular complexity index is 1160. The molecule has 2 heterocycles. The van der Waals surface area contributed by atoms with Crippen LogP contribution in [0, 0.1) is 0 Å². The van der Waals surface area contributed by atoms with Crippen molar-refractivity contribution in [1.82, 2.24) is 5.32 Å². The molecule has 14 atom stereocenters. The van der Waals surface area contributed by atoms with Crippen LogP contribution in [0.1, 0.15) is 206 Å². The van der Waals surface area contributed by atoms with Crippen molar-refractivity contribution in [2.75, 3.05) is 19.8 Å². The van der Waals surface area contributed by atoms with Crippen molar-refractivity contribution in [3.63, 3.8) is 0 Å². The van der Waals surface area contributed by atoms with E-state index in [1.54, 1.807) is 0 Å². The van der Waals surface area contributed by atoms with E-state index in [9.17, 15) is 55.9 Å². The summed E-state index contributed by atoms with van der Waals surface area (Å²) in [5, 5.41) is 108. The summed E-state index contributed by atoms with van der Waals surface area (Å²) in [6, 6.07) is -1.27. The monoisotopic (exact) mass is 952 g/mol. The maximum atomic E-state index is 13.3. The highest BCUT2D eigenvalue weighted by atomic mass is 16.7. The fourth-order valence-electron chi connectivity index (χ4n) is 9.05. The van der Waals surface area contributed by atoms with Crippen LogP contribution in [0.4, 0.5) is 0 Å². The van der Waals surface area contributed by atoms with Crippen LogP contribution in [-0.4, -0.2) is 163 Å². The third-order valence-electron chi connectivity index (χ3n) is 13.5. The van der Waals surface area contributed by atoms with Gasteiger partial charge in [0.15, 0.2) is 12.6 Å². The number of hydrogen-bond acceptors (Lipinski definition) is 15. The average Bonchev–Trinajstić information content (AvgIpc) is 3.31. The number of carbonyl (C=O) groups excluding carboxylic acids is 1. The molecule has 2 saturated heterocycles. The van der Waals surface area contributed by atoms with Crippen LogP contribution in [0.25, 0.3) is 0 Å². The molecule has 0 bridgehead atoms. The number of rotatable bonds is 41. The molecule has 16 nitrogen and oxygen atoms in total. The molecular weight excluding hydrogens is 855 g/mol. The van der Waals surface area contributed by atoms with Gasteiger partial charge in [0, 0.05) is 0 Å². The molecule has 1 amide bonds. The van der Waals surface area contributed by atoms with Gasteiger partial charge in [-0.3, -0.25) is 4.79 Å². The van der Waals surface area contributed by atoms with Gasteiger partial charge in [0.25, 0.3) is 0 Å². The predicted molar refractivity (Wildman–Crippen MR) is 252 cm³/mol. The van der Waals surface area contributed by atoms with E-state index in [1.165, 1.54) is 122 Å². The summed E-state index contributed by atoms with van der Waals surface area (Å²) in [5.41, 5.74) is 0. The Hall–Kier alpha value is -1.09. The molecule has 0 spiro atoms. The number of carbonyl (C=O) groups is 1. The molecule has 0 aliphatic carbocycles. The number of ether oxygens (including phenoxy) is 4. The smallest absolute Gasteiger partial charge is 0.249 e. The summed E-state index contributed by atoms with van der Waals surface area (Å²) in [7, 11) is 0. The van der Waals surface area contributed by atoms with Crippen molar-refractivity contribution >= 4 is 5.91 Å². The standard InChI is InChI=1S/C50H97NO15/c1-3-5-7-9-11-13-15-16-17-18-19-20-21-22-24-26-28-30-32-38(55)48(62)51-36(41(56)37(54)31-29-27-25-23-14-12-10-8-6-4-2)35-63-49-46(61)44(59)47(40(34-53)65-49)66-50-45(60)43(58)42(57)39(33-52)64-50/h36-47,49-50,52-61H,3-35H2,1-2H3,(H,51,62)/t36-,37+,38+,39+,40+,41-,42+,43-,44+,45+,46+,47+,49+,50-/m0/s1. The van der Waals surface area contributed by atoms with Gasteiger partial charge in [-0.2, -0.15) is 0 Å². The summed E-state index contributed by atoms with van der Waals surface area (Å²) < 4.78 is 22.5. The third kappa shape index (κ3) is 24.2. The lowest BCUT2D eigenvalue weighted by molar-refractivity contribution is -0.359. The molecule has 2 aliphatic rings. The molecule has 66 heavy (non-hydrogen) atoms. The molecule has 0 saturated carbocycles. The normalized spacial score (nSPS) is 27.7. The number of unbranched alkanes of at least 4 members (excludes halogenated alkanes) is 26. The number of hydrogen-bond donors (Lipinski definition) is 11. The summed E-state index contributed by atoms with van der Waals surface area (Å²) in [5.74, 6) is -0.757. The van der Waals surface area contributed by atoms with Crippen molar-refractivity contribution in [1.29, 1.82) is 0 Å². The van der Waals surface area contributed by atoms with Gasteiger partial charge in [-0.15, -0.1) is 0 Å². The minimum atomic E-state index is -1.84. The van der Waals surface area contributed by atoms with Gasteiger partial charge in [-0.25, -0.2) is 0 Å². The fourth-order valence-corrected chi connectivity index (χ4v) is 9.05. The fraction of sp³-hybridized carbons (Fsp3) is 0.980. The predicted octanol–water partition coefficient (Wildman–Crippen LogP) is 4.94. The largest absolute Gasteiger partial charge is 0.394 e. The number of amides is 1. The van der Waals surface area contributed by atoms with Crippen LogP contribution >= 0.6 is 0 Å². The molecule has 0 aromatic heterocycles. The Morgan fingerprint density at radius 2 is 0.894 bits per heavy atom. The van der Waals surface area contributed by atoms with E-state index >= 15 is 0 Å². The van der Waals surface area contributed by atoms with Crippen LogP contribution in [0.15, 0.2) is 0 Å². The summed E-state index contributed by atoms with van der Waals surface area (Å²) in [6.45, 7) is 2.41. The lowest BCUT2D eigenvalue weighted by atomic mass is 9.97. The molecule has 0 radical (unpaired) electrons. The van der Waals surface area contributed by atoms with Crippen molar-refractivity contribution in [3.8, 4) is 0 Å². The first-order chi connectivity index (χ1) is 31.9. The quantitative estimate of drug-likeness (QED) is 0.0363. The van der Waals surface area contributed by atoms with E-state index < -0.39 is 111 Å². The van der Waals surface area contributed by atoms with Crippen molar-refractivity contribution < 1.29 is 74.8 Å². The third-order valence-corrected chi connectivity index (χ3v) is 13.5. The van der Waals surface area contributed by atoms with E-state index in [1.807, 2.05) is 0 Å². The number of nitrogens with one attached hydrogen (secondary N) is 1. The first-order valence-corrected chi connectivity index (χ1v) is 26.5. The van der Waals surface area contributed by atoms with Gasteiger partial charge in [0.1, 0.15) is 61.0 Å². The topological polar surface area (TPSA) is 268 Å². The van der Waals surface area contributed by atoms with Gasteiger partial charge in [-0.05, 0) is 12.8 Å².